The molecule has 0 aliphatic carbocycles. The summed E-state index contributed by atoms with van der Waals surface area (Å²) in [6, 6.07) is 16.7. The summed E-state index contributed by atoms with van der Waals surface area (Å²) in [6.07, 6.45) is 14.6. The second-order valence-corrected chi connectivity index (χ2v) is 11.9. The van der Waals surface area contributed by atoms with E-state index in [1.165, 1.54) is 10.4 Å². The predicted molar refractivity (Wildman–Crippen MR) is 197 cm³/mol. The molecule has 0 saturated carbocycles. The second kappa shape index (κ2) is 15.0. The number of rotatable bonds is 13. The molecule has 3 aromatic heterocycles. The molecule has 0 aliphatic heterocycles. The van der Waals surface area contributed by atoms with Crippen LogP contribution in [-0.4, -0.2) is 15.2 Å². The largest absolute Gasteiger partial charge is 0.359 e. The highest BCUT2D eigenvalue weighted by Crippen LogP contribution is 2.35. The Morgan fingerprint density at radius 2 is 1.76 bits per heavy atom. The number of aromatic nitrogens is 3. The minimum absolute atomic E-state index is 0.723. The van der Waals surface area contributed by atoms with Crippen molar-refractivity contribution in [3.8, 4) is 11.4 Å². The number of nitrogens with one attached hydrogen (secondary N) is 3. The zero-order chi connectivity index (χ0) is 32.5. The molecule has 0 fully saturated rings. The molecule has 4 nitrogen and oxygen atoms in total. The van der Waals surface area contributed by atoms with E-state index in [1.807, 2.05) is 63.3 Å². The number of aryl methyl sites for hydroxylation is 1. The third-order valence-electron chi connectivity index (χ3n) is 7.37. The molecule has 0 unspecified atom stereocenters. The second-order valence-electron chi connectivity index (χ2n) is 10.8. The summed E-state index contributed by atoms with van der Waals surface area (Å²) < 4.78 is 0. The van der Waals surface area contributed by atoms with Crippen LogP contribution in [0.1, 0.15) is 47.3 Å². The van der Waals surface area contributed by atoms with E-state index in [-0.39, 0.29) is 0 Å². The predicted octanol–water partition coefficient (Wildman–Crippen LogP) is 8.92. The van der Waals surface area contributed by atoms with E-state index >= 15 is 0 Å². The summed E-state index contributed by atoms with van der Waals surface area (Å²) in [5, 5.41) is 13.2. The van der Waals surface area contributed by atoms with Crippen molar-refractivity contribution in [2.45, 2.75) is 34.1 Å². The Bertz CT molecular complexity index is 1970. The number of allylic oxidation sites excluding steroid dienone is 9. The molecule has 0 amide bonds. The Labute approximate surface area is 271 Å². The Hall–Kier alpha value is -5.13. The van der Waals surface area contributed by atoms with E-state index in [9.17, 15) is 0 Å². The zero-order valence-corrected chi connectivity index (χ0v) is 27.6. The summed E-state index contributed by atoms with van der Waals surface area (Å²) in [7, 11) is 0. The molecule has 0 spiro atoms. The smallest absolute Gasteiger partial charge is 0.116 e. The molecule has 0 bridgehead atoms. The SMILES string of the molecule is C=C/C=C(/c1ccc(C(=C)C)s1)c1cc(-c2n[nH]c(=C/C)/c2=C\C(=C)C(/C=C(\C=C)NC(=C)Cc2ccccc2)=C/C)[nH]c1C. The van der Waals surface area contributed by atoms with E-state index in [0.717, 1.165) is 78.2 Å². The van der Waals surface area contributed by atoms with Gasteiger partial charge in [-0.25, -0.2) is 0 Å². The van der Waals surface area contributed by atoms with Crippen LogP contribution in [0.2, 0.25) is 0 Å². The van der Waals surface area contributed by atoms with Crippen molar-refractivity contribution >= 4 is 34.6 Å². The van der Waals surface area contributed by atoms with Crippen molar-refractivity contribution in [1.82, 2.24) is 20.5 Å². The van der Waals surface area contributed by atoms with Crippen LogP contribution in [0.15, 0.2) is 134 Å². The average Bonchev–Trinajstić information content (AvgIpc) is 3.77. The van der Waals surface area contributed by atoms with Crippen LogP contribution in [0.25, 0.3) is 34.7 Å². The maximum atomic E-state index is 4.73. The minimum atomic E-state index is 0.723. The molecule has 4 aromatic rings. The number of aromatic amines is 2. The fraction of sp³-hybridized carbons (Fsp3) is 0.125. The van der Waals surface area contributed by atoms with Gasteiger partial charge < -0.3 is 10.3 Å². The Balaban J connectivity index is 1.68. The molecule has 228 valence electrons. The monoisotopic (exact) mass is 610 g/mol. The van der Waals surface area contributed by atoms with Gasteiger partial charge in [-0.15, -0.1) is 11.3 Å². The van der Waals surface area contributed by atoms with Gasteiger partial charge in [0.25, 0.3) is 0 Å². The minimum Gasteiger partial charge on any atom is -0.359 e. The Kier molecular flexibility index (Phi) is 11.0. The lowest BCUT2D eigenvalue weighted by molar-refractivity contribution is 0.940. The summed E-state index contributed by atoms with van der Waals surface area (Å²) in [6.45, 7) is 28.9. The van der Waals surface area contributed by atoms with Gasteiger partial charge in [0.15, 0.2) is 0 Å². The number of hydrogen-bond acceptors (Lipinski definition) is 3. The maximum Gasteiger partial charge on any atom is 0.116 e. The molecule has 1 aromatic carbocycles. The first-order chi connectivity index (χ1) is 21.7. The number of benzene rings is 1. The third-order valence-corrected chi connectivity index (χ3v) is 8.65. The van der Waals surface area contributed by atoms with E-state index in [4.69, 9.17) is 5.10 Å². The highest BCUT2D eigenvalue weighted by atomic mass is 32.1. The number of nitrogens with zero attached hydrogens (tertiary/aromatic N) is 1. The first-order valence-corrected chi connectivity index (χ1v) is 15.7. The number of H-pyrrole nitrogens is 2. The Morgan fingerprint density at radius 1 is 1.02 bits per heavy atom. The average molecular weight is 611 g/mol. The molecule has 45 heavy (non-hydrogen) atoms. The lowest BCUT2D eigenvalue weighted by Gasteiger charge is -2.12. The molecule has 0 atom stereocenters. The maximum absolute atomic E-state index is 4.73. The van der Waals surface area contributed by atoms with Crippen LogP contribution < -0.4 is 15.9 Å². The number of hydrogen-bond donors (Lipinski definition) is 3. The van der Waals surface area contributed by atoms with Gasteiger partial charge in [-0.05, 0) is 86.4 Å². The van der Waals surface area contributed by atoms with Crippen molar-refractivity contribution in [2.24, 2.45) is 0 Å². The standard InChI is InChI=1S/C40H42N4S/c1-10-17-33(39-21-20-38(45-39)26(5)6)34-25-37(42-29(34)9)40-35(36(13-4)43-44-40)22-27(7)31(11-2)24-32(12-3)41-28(8)23-30-18-15-14-16-19-30/h10-22,24-25,41-43H,1,3,5,7-8,23H2,2,4,6,9H3/b31-11+,32-24+,33-17+,35-22+,36-13+. The van der Waals surface area contributed by atoms with Crippen molar-refractivity contribution in [3.63, 3.8) is 0 Å². The first kappa shape index (κ1) is 32.8. The van der Waals surface area contributed by atoms with Crippen LogP contribution in [0.5, 0.6) is 0 Å². The molecule has 3 N–H and O–H groups in total. The normalized spacial score (nSPS) is 13.2. The highest BCUT2D eigenvalue weighted by molar-refractivity contribution is 7.14. The lowest BCUT2D eigenvalue weighted by Crippen LogP contribution is -2.23. The van der Waals surface area contributed by atoms with Crippen molar-refractivity contribution < 1.29 is 0 Å². The summed E-state index contributed by atoms with van der Waals surface area (Å²) in [5.41, 5.74) is 10.8. The quantitative estimate of drug-likeness (QED) is 0.132. The third kappa shape index (κ3) is 7.88. The van der Waals surface area contributed by atoms with E-state index < -0.39 is 0 Å². The van der Waals surface area contributed by atoms with E-state index in [2.05, 4.69) is 97.7 Å². The number of thiophene rings is 1. The lowest BCUT2D eigenvalue weighted by atomic mass is 10.0. The molecule has 5 heteroatoms. The van der Waals surface area contributed by atoms with Crippen LogP contribution in [0.4, 0.5) is 0 Å². The van der Waals surface area contributed by atoms with Gasteiger partial charge in [-0.2, -0.15) is 5.10 Å². The van der Waals surface area contributed by atoms with Crippen molar-refractivity contribution in [2.75, 3.05) is 0 Å². The molecule has 0 aliphatic rings. The zero-order valence-electron chi connectivity index (χ0n) is 26.8. The molecule has 3 heterocycles. The van der Waals surface area contributed by atoms with Gasteiger partial charge in [0, 0.05) is 49.6 Å². The molecule has 0 saturated heterocycles. The van der Waals surface area contributed by atoms with E-state index in [0.29, 0.717) is 0 Å². The highest BCUT2D eigenvalue weighted by Gasteiger charge is 2.16. The summed E-state index contributed by atoms with van der Waals surface area (Å²) in [4.78, 5) is 5.91. The molecule has 0 radical (unpaired) electrons. The van der Waals surface area contributed by atoms with Gasteiger partial charge in [0.1, 0.15) is 5.69 Å². The van der Waals surface area contributed by atoms with Gasteiger partial charge in [0.05, 0.1) is 11.0 Å². The van der Waals surface area contributed by atoms with Gasteiger partial charge >= 0.3 is 0 Å². The Morgan fingerprint density at radius 3 is 2.38 bits per heavy atom. The first-order valence-electron chi connectivity index (χ1n) is 14.9. The summed E-state index contributed by atoms with van der Waals surface area (Å²) >= 11 is 1.73. The van der Waals surface area contributed by atoms with Crippen LogP contribution >= 0.6 is 11.3 Å². The molecule has 4 rings (SSSR count). The topological polar surface area (TPSA) is 56.5 Å². The van der Waals surface area contributed by atoms with Crippen LogP contribution in [0, 0.1) is 6.92 Å². The summed E-state index contributed by atoms with van der Waals surface area (Å²) in [5.74, 6) is 0. The van der Waals surface area contributed by atoms with Crippen LogP contribution in [-0.2, 0) is 6.42 Å². The van der Waals surface area contributed by atoms with Crippen molar-refractivity contribution in [3.05, 3.63) is 171 Å². The fourth-order valence-corrected chi connectivity index (χ4v) is 6.03. The van der Waals surface area contributed by atoms with Crippen molar-refractivity contribution in [1.29, 1.82) is 0 Å². The molecular formula is C40H42N4S. The molecular weight excluding hydrogens is 569 g/mol. The van der Waals surface area contributed by atoms with Gasteiger partial charge in [-0.1, -0.05) is 87.5 Å². The van der Waals surface area contributed by atoms with Gasteiger partial charge in [0.2, 0.25) is 0 Å². The fourth-order valence-electron chi connectivity index (χ4n) is 5.06. The van der Waals surface area contributed by atoms with Crippen LogP contribution in [0.3, 0.4) is 0 Å². The van der Waals surface area contributed by atoms with E-state index in [1.54, 1.807) is 17.4 Å². The van der Waals surface area contributed by atoms with Gasteiger partial charge in [-0.3, -0.25) is 5.10 Å².